The topological polar surface area (TPSA) is 51.0 Å². The van der Waals surface area contributed by atoms with Gasteiger partial charge in [0, 0.05) is 6.42 Å². The molecule has 0 unspecified atom stereocenters. The van der Waals surface area contributed by atoms with Gasteiger partial charge >= 0.3 is 0 Å². The molecule has 0 bridgehead atoms. The fraction of sp³-hybridized carbons (Fsp3) is 0.467. The van der Waals surface area contributed by atoms with Crippen molar-refractivity contribution in [2.75, 3.05) is 7.05 Å². The van der Waals surface area contributed by atoms with Gasteiger partial charge in [0.1, 0.15) is 0 Å². The van der Waals surface area contributed by atoms with Crippen molar-refractivity contribution < 1.29 is 4.52 Å². The smallest absolute Gasteiger partial charge is 0.246 e. The molecule has 0 saturated heterocycles. The van der Waals surface area contributed by atoms with Crippen molar-refractivity contribution in [2.45, 2.75) is 39.7 Å². The molecule has 0 amide bonds. The fourth-order valence-corrected chi connectivity index (χ4v) is 1.78. The number of rotatable bonds is 4. The Morgan fingerprint density at radius 2 is 1.95 bits per heavy atom. The quantitative estimate of drug-likeness (QED) is 0.917. The predicted octanol–water partition coefficient (Wildman–Crippen LogP) is 2.73. The molecule has 0 fully saturated rings. The minimum Gasteiger partial charge on any atom is -0.337 e. The first-order valence-corrected chi connectivity index (χ1v) is 6.50. The number of hydrogen-bond donors (Lipinski definition) is 1. The van der Waals surface area contributed by atoms with Crippen LogP contribution >= 0.6 is 0 Å². The minimum absolute atomic E-state index is 0.297. The number of nitrogens with zero attached hydrogens (tertiary/aromatic N) is 2. The van der Waals surface area contributed by atoms with Gasteiger partial charge < -0.3 is 9.84 Å². The number of hydrogen-bond acceptors (Lipinski definition) is 4. The number of benzene rings is 1. The third-order valence-electron chi connectivity index (χ3n) is 3.56. The summed E-state index contributed by atoms with van der Waals surface area (Å²) in [6, 6.07) is 6.42. The average Bonchev–Trinajstić information content (AvgIpc) is 2.83. The second kappa shape index (κ2) is 5.13. The van der Waals surface area contributed by atoms with E-state index >= 15 is 0 Å². The van der Waals surface area contributed by atoms with Crippen LogP contribution in [0.4, 0.5) is 0 Å². The first kappa shape index (κ1) is 13.7. The lowest BCUT2D eigenvalue weighted by atomic mass is 10.0. The van der Waals surface area contributed by atoms with Gasteiger partial charge in [-0.3, -0.25) is 0 Å². The maximum atomic E-state index is 5.32. The molecule has 0 radical (unpaired) electrons. The van der Waals surface area contributed by atoms with Crippen LogP contribution in [0, 0.1) is 13.8 Å². The van der Waals surface area contributed by atoms with Crippen LogP contribution in [0.25, 0.3) is 0 Å². The maximum Gasteiger partial charge on any atom is 0.246 e. The zero-order chi connectivity index (χ0) is 14.0. The largest absolute Gasteiger partial charge is 0.337 e. The summed E-state index contributed by atoms with van der Waals surface area (Å²) in [4.78, 5) is 4.46. The van der Waals surface area contributed by atoms with Crippen molar-refractivity contribution in [3.8, 4) is 0 Å². The van der Waals surface area contributed by atoms with Crippen LogP contribution in [-0.4, -0.2) is 17.2 Å². The van der Waals surface area contributed by atoms with E-state index in [1.54, 1.807) is 0 Å². The maximum absolute atomic E-state index is 5.32. The molecule has 1 N–H and O–H groups in total. The van der Waals surface area contributed by atoms with E-state index in [0.29, 0.717) is 12.3 Å². The van der Waals surface area contributed by atoms with E-state index in [1.165, 1.54) is 16.7 Å². The van der Waals surface area contributed by atoms with Crippen LogP contribution in [0.3, 0.4) is 0 Å². The van der Waals surface area contributed by atoms with Gasteiger partial charge in [-0.1, -0.05) is 23.4 Å². The Balaban J connectivity index is 2.18. The van der Waals surface area contributed by atoms with Crippen molar-refractivity contribution in [3.05, 3.63) is 46.6 Å². The van der Waals surface area contributed by atoms with Gasteiger partial charge in [0.25, 0.3) is 0 Å². The van der Waals surface area contributed by atoms with E-state index in [1.807, 2.05) is 20.9 Å². The van der Waals surface area contributed by atoms with E-state index in [2.05, 4.69) is 47.5 Å². The number of nitrogens with one attached hydrogen (secondary N) is 1. The highest BCUT2D eigenvalue weighted by atomic mass is 16.5. The van der Waals surface area contributed by atoms with Crippen molar-refractivity contribution in [1.29, 1.82) is 0 Å². The van der Waals surface area contributed by atoms with Gasteiger partial charge in [-0.05, 0) is 51.4 Å². The third-order valence-corrected chi connectivity index (χ3v) is 3.56. The van der Waals surface area contributed by atoms with Crippen LogP contribution in [0.15, 0.2) is 22.7 Å². The standard InChI is InChI=1S/C15H21N3O/c1-10-6-7-12(8-11(10)2)9-13-17-14(19-18-13)15(3,4)16-5/h6-8,16H,9H2,1-5H3. The Bertz CT molecular complexity index is 573. The molecular weight excluding hydrogens is 238 g/mol. The summed E-state index contributed by atoms with van der Waals surface area (Å²) in [5.74, 6) is 1.34. The Morgan fingerprint density at radius 3 is 2.58 bits per heavy atom. The van der Waals surface area contributed by atoms with Crippen LogP contribution in [0.1, 0.15) is 42.3 Å². The molecule has 19 heavy (non-hydrogen) atoms. The Hall–Kier alpha value is -1.68. The Morgan fingerprint density at radius 1 is 1.21 bits per heavy atom. The van der Waals surface area contributed by atoms with E-state index in [0.717, 1.165) is 5.82 Å². The second-order valence-corrected chi connectivity index (χ2v) is 5.49. The highest BCUT2D eigenvalue weighted by molar-refractivity contribution is 5.31. The van der Waals surface area contributed by atoms with Crippen molar-refractivity contribution in [2.24, 2.45) is 0 Å². The molecule has 2 aromatic rings. The molecule has 0 aliphatic rings. The molecule has 4 nitrogen and oxygen atoms in total. The molecule has 0 atom stereocenters. The Labute approximate surface area is 114 Å². The first-order valence-electron chi connectivity index (χ1n) is 6.50. The molecular formula is C15H21N3O. The highest BCUT2D eigenvalue weighted by Gasteiger charge is 2.25. The molecule has 0 aliphatic heterocycles. The van der Waals surface area contributed by atoms with E-state index in [4.69, 9.17) is 4.52 Å². The zero-order valence-electron chi connectivity index (χ0n) is 12.2. The lowest BCUT2D eigenvalue weighted by Crippen LogP contribution is -2.33. The summed E-state index contributed by atoms with van der Waals surface area (Å²) in [6.45, 7) is 8.26. The SMILES string of the molecule is CNC(C)(C)c1nc(Cc2ccc(C)c(C)c2)no1. The monoisotopic (exact) mass is 259 g/mol. The summed E-state index contributed by atoms with van der Waals surface area (Å²) < 4.78 is 5.32. The van der Waals surface area contributed by atoms with Gasteiger partial charge in [0.15, 0.2) is 5.82 Å². The van der Waals surface area contributed by atoms with Gasteiger partial charge in [0.2, 0.25) is 5.89 Å². The summed E-state index contributed by atoms with van der Waals surface area (Å²) >= 11 is 0. The molecule has 2 rings (SSSR count). The summed E-state index contributed by atoms with van der Waals surface area (Å²) in [5.41, 5.74) is 3.50. The Kier molecular flexibility index (Phi) is 3.71. The van der Waals surface area contributed by atoms with E-state index in [9.17, 15) is 0 Å². The van der Waals surface area contributed by atoms with Crippen molar-refractivity contribution >= 4 is 0 Å². The molecule has 0 aliphatic carbocycles. The van der Waals surface area contributed by atoms with E-state index < -0.39 is 0 Å². The first-order chi connectivity index (χ1) is 8.92. The highest BCUT2D eigenvalue weighted by Crippen LogP contribution is 2.18. The lowest BCUT2D eigenvalue weighted by Gasteiger charge is -2.17. The van der Waals surface area contributed by atoms with E-state index in [-0.39, 0.29) is 5.54 Å². The summed E-state index contributed by atoms with van der Waals surface area (Å²) in [6.07, 6.45) is 0.699. The molecule has 0 saturated carbocycles. The van der Waals surface area contributed by atoms with Crippen LogP contribution < -0.4 is 5.32 Å². The molecule has 1 aromatic carbocycles. The third kappa shape index (κ3) is 3.01. The number of aromatic nitrogens is 2. The van der Waals surface area contributed by atoms with Gasteiger partial charge in [-0.15, -0.1) is 0 Å². The summed E-state index contributed by atoms with van der Waals surface area (Å²) in [7, 11) is 1.88. The molecule has 0 spiro atoms. The zero-order valence-corrected chi connectivity index (χ0v) is 12.2. The molecule has 4 heteroatoms. The number of aryl methyl sites for hydroxylation is 2. The normalized spacial score (nSPS) is 11.8. The van der Waals surface area contributed by atoms with Crippen molar-refractivity contribution in [3.63, 3.8) is 0 Å². The summed E-state index contributed by atoms with van der Waals surface area (Å²) in [5, 5.41) is 7.21. The van der Waals surface area contributed by atoms with Gasteiger partial charge in [-0.25, -0.2) is 0 Å². The lowest BCUT2D eigenvalue weighted by molar-refractivity contribution is 0.279. The van der Waals surface area contributed by atoms with Gasteiger partial charge in [-0.2, -0.15) is 4.98 Å². The van der Waals surface area contributed by atoms with Crippen molar-refractivity contribution in [1.82, 2.24) is 15.5 Å². The van der Waals surface area contributed by atoms with Crippen LogP contribution in [0.2, 0.25) is 0 Å². The molecule has 1 aromatic heterocycles. The van der Waals surface area contributed by atoms with Gasteiger partial charge in [0.05, 0.1) is 5.54 Å². The second-order valence-electron chi connectivity index (χ2n) is 5.49. The van der Waals surface area contributed by atoms with Crippen LogP contribution in [0.5, 0.6) is 0 Å². The predicted molar refractivity (Wildman–Crippen MR) is 75.1 cm³/mol. The average molecular weight is 259 g/mol. The molecule has 102 valence electrons. The van der Waals surface area contributed by atoms with Crippen LogP contribution in [-0.2, 0) is 12.0 Å². The minimum atomic E-state index is -0.297. The molecule has 1 heterocycles. The fourth-order valence-electron chi connectivity index (χ4n) is 1.78.